The highest BCUT2D eigenvalue weighted by Crippen LogP contribution is 2.51. The second-order valence-electron chi connectivity index (χ2n) is 10.1. The number of aryl methyl sites for hydroxylation is 1. The minimum Gasteiger partial charge on any atom is -0.469 e. The topological polar surface area (TPSA) is 75.7 Å². The number of likely N-dealkylation sites (tertiary alicyclic amines) is 1. The normalized spacial score (nSPS) is 22.9. The van der Waals surface area contributed by atoms with Crippen LogP contribution in [-0.4, -0.2) is 42.4 Å². The zero-order chi connectivity index (χ0) is 25.9. The molecule has 5 rings (SSSR count). The van der Waals surface area contributed by atoms with E-state index in [9.17, 15) is 14.4 Å². The second-order valence-corrected chi connectivity index (χ2v) is 10.1. The summed E-state index contributed by atoms with van der Waals surface area (Å²) in [6.07, 6.45) is 2.19. The smallest absolute Gasteiger partial charge is 0.311 e. The van der Waals surface area contributed by atoms with Crippen LogP contribution in [0.2, 0.25) is 0 Å². The predicted molar refractivity (Wildman–Crippen MR) is 141 cm³/mol. The highest BCUT2D eigenvalue weighted by Gasteiger charge is 2.58. The van der Waals surface area contributed by atoms with Gasteiger partial charge in [0.25, 0.3) is 5.91 Å². The van der Waals surface area contributed by atoms with E-state index in [2.05, 4.69) is 5.32 Å². The fourth-order valence-electron chi connectivity index (χ4n) is 5.47. The monoisotopic (exact) mass is 496 g/mol. The van der Waals surface area contributed by atoms with Crippen molar-refractivity contribution >= 4 is 17.8 Å². The third kappa shape index (κ3) is 5.01. The molecule has 4 unspecified atom stereocenters. The molecule has 1 aliphatic carbocycles. The Labute approximate surface area is 217 Å². The number of benzene rings is 3. The van der Waals surface area contributed by atoms with Crippen LogP contribution in [0.5, 0.6) is 0 Å². The fraction of sp³-hybridized carbons (Fsp3) is 0.323. The minimum absolute atomic E-state index is 0.242. The first-order chi connectivity index (χ1) is 18.0. The molecule has 0 aromatic heterocycles. The number of methoxy groups -OCH3 is 1. The maximum Gasteiger partial charge on any atom is 0.311 e. The molecule has 2 aliphatic rings. The molecule has 1 N–H and O–H groups in total. The molecule has 37 heavy (non-hydrogen) atoms. The van der Waals surface area contributed by atoms with Gasteiger partial charge in [0.2, 0.25) is 5.91 Å². The lowest BCUT2D eigenvalue weighted by Crippen LogP contribution is -2.49. The van der Waals surface area contributed by atoms with Gasteiger partial charge in [0.1, 0.15) is 6.04 Å². The van der Waals surface area contributed by atoms with Crippen LogP contribution in [0.4, 0.5) is 0 Å². The van der Waals surface area contributed by atoms with Gasteiger partial charge < -0.3 is 15.0 Å². The van der Waals surface area contributed by atoms with Crippen molar-refractivity contribution in [2.75, 3.05) is 13.7 Å². The summed E-state index contributed by atoms with van der Waals surface area (Å²) in [5, 5.41) is 3.10. The fourth-order valence-corrected chi connectivity index (χ4v) is 5.47. The average molecular weight is 497 g/mol. The Morgan fingerprint density at radius 2 is 1.46 bits per heavy atom. The second kappa shape index (κ2) is 10.6. The Balaban J connectivity index is 1.69. The van der Waals surface area contributed by atoms with Crippen molar-refractivity contribution in [1.29, 1.82) is 0 Å². The molecule has 0 radical (unpaired) electrons. The summed E-state index contributed by atoms with van der Waals surface area (Å²) in [6, 6.07) is 24.8. The maximum absolute atomic E-state index is 14.2. The number of hydrogen-bond donors (Lipinski definition) is 1. The third-order valence-electron chi connectivity index (χ3n) is 7.53. The summed E-state index contributed by atoms with van der Waals surface area (Å²) in [5.74, 6) is -1.83. The summed E-state index contributed by atoms with van der Waals surface area (Å²) in [6.45, 7) is 2.53. The lowest BCUT2D eigenvalue weighted by atomic mass is 9.80. The molecular weight excluding hydrogens is 464 g/mol. The number of nitrogens with zero attached hydrogens (tertiary/aromatic N) is 1. The first kappa shape index (κ1) is 24.8. The number of esters is 1. The molecular formula is C31H32N2O4. The number of nitrogens with one attached hydrogen (secondary N) is 1. The molecule has 2 fully saturated rings. The summed E-state index contributed by atoms with van der Waals surface area (Å²) >= 11 is 0. The van der Waals surface area contributed by atoms with Gasteiger partial charge in [0.15, 0.2) is 0 Å². The van der Waals surface area contributed by atoms with Crippen LogP contribution < -0.4 is 5.32 Å². The van der Waals surface area contributed by atoms with Crippen molar-refractivity contribution in [3.05, 3.63) is 107 Å². The third-order valence-corrected chi connectivity index (χ3v) is 7.53. The largest absolute Gasteiger partial charge is 0.469 e. The van der Waals surface area contributed by atoms with E-state index in [1.165, 1.54) is 7.11 Å². The Morgan fingerprint density at radius 1 is 0.865 bits per heavy atom. The predicted octanol–water partition coefficient (Wildman–Crippen LogP) is 4.66. The van der Waals surface area contributed by atoms with Crippen molar-refractivity contribution < 1.29 is 19.1 Å². The molecule has 3 aromatic rings. The standard InChI is InChI=1S/C31H32N2O4/c1-20-13-17-24(18-14-20)30(35)33-27(23-11-7-4-8-12-23)26(31(36)37-2)25(22-9-5-3-6-10-22)28(33)29(34)32-19-21-15-16-21/h3-14,17-18,21,25-28H,15-16,19H2,1-2H3,(H,32,34). The van der Waals surface area contributed by atoms with Gasteiger partial charge in [0.05, 0.1) is 19.1 Å². The van der Waals surface area contributed by atoms with E-state index in [4.69, 9.17) is 4.74 Å². The molecule has 6 heteroatoms. The lowest BCUT2D eigenvalue weighted by Gasteiger charge is -2.31. The van der Waals surface area contributed by atoms with E-state index in [1.807, 2.05) is 79.7 Å². The van der Waals surface area contributed by atoms with E-state index >= 15 is 0 Å². The van der Waals surface area contributed by atoms with Crippen molar-refractivity contribution in [2.45, 2.75) is 37.8 Å². The van der Waals surface area contributed by atoms with E-state index in [1.54, 1.807) is 17.0 Å². The Hall–Kier alpha value is -3.93. The van der Waals surface area contributed by atoms with Gasteiger partial charge >= 0.3 is 5.97 Å². The molecule has 2 amide bonds. The zero-order valence-electron chi connectivity index (χ0n) is 21.2. The molecule has 1 saturated carbocycles. The Kier molecular flexibility index (Phi) is 7.08. The van der Waals surface area contributed by atoms with Gasteiger partial charge in [-0.3, -0.25) is 14.4 Å². The summed E-state index contributed by atoms with van der Waals surface area (Å²) in [5.41, 5.74) is 3.12. The molecule has 190 valence electrons. The first-order valence-corrected chi connectivity index (χ1v) is 12.8. The first-order valence-electron chi connectivity index (χ1n) is 12.8. The number of rotatable bonds is 7. The summed E-state index contributed by atoms with van der Waals surface area (Å²) < 4.78 is 5.31. The lowest BCUT2D eigenvalue weighted by molar-refractivity contribution is -0.146. The Morgan fingerprint density at radius 3 is 2.03 bits per heavy atom. The van der Waals surface area contributed by atoms with Crippen molar-refractivity contribution in [3.8, 4) is 0 Å². The average Bonchev–Trinajstić information content (AvgIpc) is 3.70. The van der Waals surface area contributed by atoms with Gasteiger partial charge in [-0.25, -0.2) is 0 Å². The van der Waals surface area contributed by atoms with Crippen LogP contribution in [0.3, 0.4) is 0 Å². The summed E-state index contributed by atoms with van der Waals surface area (Å²) in [4.78, 5) is 43.3. The van der Waals surface area contributed by atoms with E-state index in [0.717, 1.165) is 29.5 Å². The van der Waals surface area contributed by atoms with Crippen LogP contribution in [0.1, 0.15) is 51.8 Å². The van der Waals surface area contributed by atoms with Crippen molar-refractivity contribution in [1.82, 2.24) is 10.2 Å². The molecule has 6 nitrogen and oxygen atoms in total. The van der Waals surface area contributed by atoms with Gasteiger partial charge in [-0.05, 0) is 48.9 Å². The highest BCUT2D eigenvalue weighted by molar-refractivity contribution is 6.00. The van der Waals surface area contributed by atoms with Crippen molar-refractivity contribution in [2.24, 2.45) is 11.8 Å². The molecule has 1 heterocycles. The van der Waals surface area contributed by atoms with E-state index < -0.39 is 29.9 Å². The number of carbonyl (C=O) groups is 3. The number of carbonyl (C=O) groups excluding carboxylic acids is 3. The van der Waals surface area contributed by atoms with Gasteiger partial charge in [0, 0.05) is 18.0 Å². The number of hydrogen-bond acceptors (Lipinski definition) is 4. The van der Waals surface area contributed by atoms with E-state index in [0.29, 0.717) is 18.0 Å². The Bertz CT molecular complexity index is 1260. The number of amides is 2. The molecule has 1 saturated heterocycles. The van der Waals surface area contributed by atoms with E-state index in [-0.39, 0.29) is 11.8 Å². The van der Waals surface area contributed by atoms with Gasteiger partial charge in [-0.15, -0.1) is 0 Å². The molecule has 4 atom stereocenters. The van der Waals surface area contributed by atoms with Crippen LogP contribution in [0.25, 0.3) is 0 Å². The zero-order valence-corrected chi connectivity index (χ0v) is 21.2. The van der Waals surface area contributed by atoms with Crippen LogP contribution >= 0.6 is 0 Å². The molecule has 0 spiro atoms. The van der Waals surface area contributed by atoms with Crippen molar-refractivity contribution in [3.63, 3.8) is 0 Å². The van der Waals surface area contributed by atoms with Crippen LogP contribution in [-0.2, 0) is 14.3 Å². The highest BCUT2D eigenvalue weighted by atomic mass is 16.5. The summed E-state index contributed by atoms with van der Waals surface area (Å²) in [7, 11) is 1.36. The van der Waals surface area contributed by atoms with Gasteiger partial charge in [-0.1, -0.05) is 78.4 Å². The van der Waals surface area contributed by atoms with Crippen LogP contribution in [0, 0.1) is 18.8 Å². The SMILES string of the molecule is COC(=O)C1C(c2ccccc2)C(C(=O)NCC2CC2)N(C(=O)c2ccc(C)cc2)C1c1ccccc1. The molecule has 0 bridgehead atoms. The van der Waals surface area contributed by atoms with Gasteiger partial charge in [-0.2, -0.15) is 0 Å². The minimum atomic E-state index is -0.885. The number of ether oxygens (including phenoxy) is 1. The van der Waals surface area contributed by atoms with Crippen LogP contribution in [0.15, 0.2) is 84.9 Å². The maximum atomic E-state index is 14.2. The molecule has 1 aliphatic heterocycles. The quantitative estimate of drug-likeness (QED) is 0.483. The molecule has 3 aromatic carbocycles.